The molecule has 0 aliphatic heterocycles. The van der Waals surface area contributed by atoms with Crippen LogP contribution in [0.4, 0.5) is 0 Å². The Morgan fingerprint density at radius 2 is 1.73 bits per heavy atom. The van der Waals surface area contributed by atoms with Crippen molar-refractivity contribution in [2.24, 2.45) is 5.92 Å². The van der Waals surface area contributed by atoms with Gasteiger partial charge in [0.15, 0.2) is 0 Å². The number of hydrogen-bond acceptors (Lipinski definition) is 4. The van der Waals surface area contributed by atoms with Gasteiger partial charge in [-0.15, -0.1) is 11.3 Å². The second-order valence-corrected chi connectivity index (χ2v) is 13.5. The van der Waals surface area contributed by atoms with Crippen molar-refractivity contribution >= 4 is 21.4 Å². The van der Waals surface area contributed by atoms with Crippen molar-refractivity contribution in [2.75, 3.05) is 0 Å². The highest BCUT2D eigenvalue weighted by molar-refractivity contribution is 7.91. The van der Waals surface area contributed by atoms with E-state index in [-0.39, 0.29) is 0 Å². The molecular weight excluding hydrogens is 450 g/mol. The Balaban J connectivity index is 2.02. The first-order chi connectivity index (χ1) is 15.3. The van der Waals surface area contributed by atoms with Crippen molar-refractivity contribution in [2.45, 2.75) is 84.0 Å². The van der Waals surface area contributed by atoms with E-state index in [2.05, 4.69) is 54.1 Å². The van der Waals surface area contributed by atoms with Gasteiger partial charge in [-0.3, -0.25) is 0 Å². The first kappa shape index (κ1) is 25.7. The van der Waals surface area contributed by atoms with E-state index in [9.17, 15) is 8.42 Å². The van der Waals surface area contributed by atoms with Gasteiger partial charge in [0.05, 0.1) is 0 Å². The third-order valence-electron chi connectivity index (χ3n) is 5.35. The molecule has 0 radical (unpaired) electrons. The lowest BCUT2D eigenvalue weighted by molar-refractivity contribution is 0.492. The van der Waals surface area contributed by atoms with Gasteiger partial charge >= 0.3 is 0 Å². The molecule has 0 fully saturated rings. The van der Waals surface area contributed by atoms with Gasteiger partial charge in [-0.05, 0) is 56.7 Å². The van der Waals surface area contributed by atoms with Crippen molar-refractivity contribution < 1.29 is 8.42 Å². The van der Waals surface area contributed by atoms with Crippen molar-refractivity contribution in [1.82, 2.24) is 14.3 Å². The molecule has 0 amide bonds. The average Bonchev–Trinajstić information content (AvgIpc) is 3.26. The Kier molecular flexibility index (Phi) is 7.56. The molecule has 3 rings (SSSR count). The molecule has 33 heavy (non-hydrogen) atoms. The molecule has 3 aromatic rings. The summed E-state index contributed by atoms with van der Waals surface area (Å²) in [5, 5.41) is 0. The summed E-state index contributed by atoms with van der Waals surface area (Å²) in [5.74, 6) is 1.87. The molecule has 0 atom stereocenters. The van der Waals surface area contributed by atoms with E-state index in [0.717, 1.165) is 45.9 Å². The predicted octanol–water partition coefficient (Wildman–Crippen LogP) is 6.37. The standard InChI is InChI=1S/C26H37N3O2S2/c1-17(2)15-22-19(5)23(25(32-22)33(30,31)28-26(6,7)8)21-11-9-20(10-12-21)16-29-14-13-27-24(29)18(3)4/h9-14,17-18,28H,15-16H2,1-8H3. The van der Waals surface area contributed by atoms with Crippen molar-refractivity contribution in [3.8, 4) is 11.1 Å². The number of imidazole rings is 1. The maximum atomic E-state index is 13.4. The van der Waals surface area contributed by atoms with Crippen LogP contribution in [-0.2, 0) is 23.0 Å². The summed E-state index contributed by atoms with van der Waals surface area (Å²) < 4.78 is 32.1. The van der Waals surface area contributed by atoms with Crippen LogP contribution in [-0.4, -0.2) is 23.5 Å². The Labute approximate surface area is 203 Å². The largest absolute Gasteiger partial charge is 0.330 e. The number of nitrogens with one attached hydrogen (secondary N) is 1. The van der Waals surface area contributed by atoms with Crippen LogP contribution in [0.5, 0.6) is 0 Å². The molecule has 1 aromatic carbocycles. The summed E-state index contributed by atoms with van der Waals surface area (Å²) >= 11 is 1.41. The van der Waals surface area contributed by atoms with Crippen molar-refractivity contribution in [3.63, 3.8) is 0 Å². The topological polar surface area (TPSA) is 64.0 Å². The summed E-state index contributed by atoms with van der Waals surface area (Å²) in [6.07, 6.45) is 4.71. The second kappa shape index (κ2) is 9.72. The summed E-state index contributed by atoms with van der Waals surface area (Å²) in [6.45, 7) is 17.0. The quantitative estimate of drug-likeness (QED) is 0.402. The number of thiophene rings is 1. The van der Waals surface area contributed by atoms with Gasteiger partial charge in [0.2, 0.25) is 0 Å². The molecular formula is C26H37N3O2S2. The number of sulfonamides is 1. The maximum absolute atomic E-state index is 13.4. The zero-order valence-corrected chi connectivity index (χ0v) is 22.7. The SMILES string of the molecule is Cc1c(CC(C)C)sc(S(=O)(=O)NC(C)(C)C)c1-c1ccc(Cn2ccnc2C(C)C)cc1. The maximum Gasteiger partial charge on any atom is 0.251 e. The van der Waals surface area contributed by atoms with Gasteiger partial charge < -0.3 is 4.57 Å². The van der Waals surface area contributed by atoms with Gasteiger partial charge in [0, 0.05) is 40.8 Å². The van der Waals surface area contributed by atoms with Crippen LogP contribution in [0, 0.1) is 12.8 Å². The summed E-state index contributed by atoms with van der Waals surface area (Å²) in [7, 11) is -3.64. The second-order valence-electron chi connectivity index (χ2n) is 10.5. The zero-order valence-electron chi connectivity index (χ0n) is 21.1. The van der Waals surface area contributed by atoms with E-state index in [4.69, 9.17) is 0 Å². The summed E-state index contributed by atoms with van der Waals surface area (Å²) in [4.78, 5) is 5.61. The minimum atomic E-state index is -3.64. The predicted molar refractivity (Wildman–Crippen MR) is 139 cm³/mol. The first-order valence-electron chi connectivity index (χ1n) is 11.5. The number of nitrogens with zero attached hydrogens (tertiary/aromatic N) is 2. The van der Waals surface area contributed by atoms with E-state index in [1.807, 2.05) is 52.2 Å². The molecule has 180 valence electrons. The van der Waals surface area contributed by atoms with Crippen LogP contribution < -0.4 is 4.72 Å². The zero-order chi connectivity index (χ0) is 24.6. The van der Waals surface area contributed by atoms with E-state index in [1.165, 1.54) is 11.3 Å². The average molecular weight is 488 g/mol. The summed E-state index contributed by atoms with van der Waals surface area (Å²) in [5.41, 5.74) is 3.43. The van der Waals surface area contributed by atoms with Crippen LogP contribution in [0.3, 0.4) is 0 Å². The number of benzene rings is 1. The smallest absolute Gasteiger partial charge is 0.251 e. The number of aromatic nitrogens is 2. The molecule has 0 aliphatic rings. The van der Waals surface area contributed by atoms with Crippen LogP contribution in [0.2, 0.25) is 0 Å². The van der Waals surface area contributed by atoms with Crippen molar-refractivity contribution in [3.05, 3.63) is 58.5 Å². The molecule has 2 aromatic heterocycles. The van der Waals surface area contributed by atoms with Crippen LogP contribution >= 0.6 is 11.3 Å². The first-order valence-corrected chi connectivity index (χ1v) is 13.8. The fourth-order valence-electron chi connectivity index (χ4n) is 4.00. The third-order valence-corrected chi connectivity index (χ3v) is 8.94. The molecule has 0 saturated carbocycles. The van der Waals surface area contributed by atoms with E-state index in [1.54, 1.807) is 0 Å². The van der Waals surface area contributed by atoms with Crippen molar-refractivity contribution in [1.29, 1.82) is 0 Å². The lowest BCUT2D eigenvalue weighted by Gasteiger charge is -2.20. The monoisotopic (exact) mass is 487 g/mol. The Morgan fingerprint density at radius 3 is 2.27 bits per heavy atom. The Hall–Kier alpha value is -1.96. The molecule has 0 aliphatic carbocycles. The highest BCUT2D eigenvalue weighted by Gasteiger charge is 2.29. The number of rotatable bonds is 8. The molecule has 1 N–H and O–H groups in total. The number of hydrogen-bond donors (Lipinski definition) is 1. The van der Waals surface area contributed by atoms with Gasteiger partial charge in [-0.25, -0.2) is 18.1 Å². The third kappa shape index (κ3) is 6.14. The van der Waals surface area contributed by atoms with Gasteiger partial charge in [0.25, 0.3) is 10.0 Å². The van der Waals surface area contributed by atoms with Crippen LogP contribution in [0.15, 0.2) is 40.9 Å². The van der Waals surface area contributed by atoms with Crippen LogP contribution in [0.25, 0.3) is 11.1 Å². The van der Waals surface area contributed by atoms with E-state index in [0.29, 0.717) is 16.0 Å². The fraction of sp³-hybridized carbons (Fsp3) is 0.500. The minimum Gasteiger partial charge on any atom is -0.330 e. The molecule has 0 spiro atoms. The summed E-state index contributed by atoms with van der Waals surface area (Å²) in [6, 6.07) is 8.27. The van der Waals surface area contributed by atoms with Gasteiger partial charge in [-0.1, -0.05) is 52.0 Å². The highest BCUT2D eigenvalue weighted by Crippen LogP contribution is 2.40. The molecule has 0 saturated heterocycles. The normalized spacial score (nSPS) is 12.8. The highest BCUT2D eigenvalue weighted by atomic mass is 32.2. The fourth-order valence-corrected chi connectivity index (χ4v) is 7.57. The molecule has 0 unspecified atom stereocenters. The van der Waals surface area contributed by atoms with Gasteiger partial charge in [-0.2, -0.15) is 0 Å². The van der Waals surface area contributed by atoms with Gasteiger partial charge in [0.1, 0.15) is 10.0 Å². The Bertz CT molecular complexity index is 1200. The molecule has 7 heteroatoms. The molecule has 2 heterocycles. The lowest BCUT2D eigenvalue weighted by Crippen LogP contribution is -2.40. The van der Waals surface area contributed by atoms with E-state index < -0.39 is 15.6 Å². The van der Waals surface area contributed by atoms with Crippen LogP contribution in [0.1, 0.15) is 76.2 Å². The molecule has 5 nitrogen and oxygen atoms in total. The lowest BCUT2D eigenvalue weighted by atomic mass is 9.99. The van der Waals surface area contributed by atoms with E-state index >= 15 is 0 Å². The Morgan fingerprint density at radius 1 is 1.09 bits per heavy atom. The molecule has 0 bridgehead atoms. The minimum absolute atomic E-state index is 0.357.